The van der Waals surface area contributed by atoms with E-state index < -0.39 is 22.0 Å². The van der Waals surface area contributed by atoms with Gasteiger partial charge in [-0.2, -0.15) is 4.72 Å². The molecule has 8 heteroatoms. The summed E-state index contributed by atoms with van der Waals surface area (Å²) >= 11 is 5.71. The molecule has 0 bridgehead atoms. The Morgan fingerprint density at radius 2 is 2.21 bits per heavy atom. The van der Waals surface area contributed by atoms with Crippen LogP contribution < -0.4 is 4.72 Å². The highest BCUT2D eigenvalue weighted by molar-refractivity contribution is 7.89. The molecule has 0 aromatic heterocycles. The molecular formula is C11H14ClNO5S. The first-order valence-electron chi connectivity index (χ1n) is 5.36. The Labute approximate surface area is 116 Å². The van der Waals surface area contributed by atoms with Crippen LogP contribution in [0.4, 0.5) is 0 Å². The molecule has 1 aromatic rings. The Hall–Kier alpha value is -1.15. The van der Waals surface area contributed by atoms with Gasteiger partial charge in [0, 0.05) is 18.7 Å². The maximum Gasteiger partial charge on any atom is 0.321 e. The number of halogens is 1. The predicted molar refractivity (Wildman–Crippen MR) is 69.7 cm³/mol. The number of nitrogens with one attached hydrogen (secondary N) is 1. The van der Waals surface area contributed by atoms with Crippen LogP contribution in [0, 0.1) is 0 Å². The Morgan fingerprint density at radius 3 is 2.74 bits per heavy atom. The number of carboxylic acids is 1. The predicted octanol–water partition coefficient (Wildman–Crippen LogP) is 1.11. The maximum atomic E-state index is 12.0. The zero-order valence-electron chi connectivity index (χ0n) is 10.2. The minimum atomic E-state index is -3.93. The van der Waals surface area contributed by atoms with E-state index in [4.69, 9.17) is 21.4 Å². The molecule has 1 aromatic carbocycles. The van der Waals surface area contributed by atoms with E-state index in [9.17, 15) is 13.2 Å². The average molecular weight is 308 g/mol. The van der Waals surface area contributed by atoms with Crippen LogP contribution in [0.1, 0.15) is 6.42 Å². The topological polar surface area (TPSA) is 92.7 Å². The first-order chi connectivity index (χ1) is 8.86. The molecule has 1 unspecified atom stereocenters. The Balaban J connectivity index is 2.91. The Bertz CT molecular complexity index is 546. The van der Waals surface area contributed by atoms with E-state index in [1.54, 1.807) is 0 Å². The number of carboxylic acid groups (broad SMARTS) is 1. The second-order valence-corrected chi connectivity index (χ2v) is 5.90. The van der Waals surface area contributed by atoms with Crippen molar-refractivity contribution >= 4 is 27.6 Å². The van der Waals surface area contributed by atoms with Crippen LogP contribution in [0.15, 0.2) is 29.2 Å². The van der Waals surface area contributed by atoms with Gasteiger partial charge in [-0.1, -0.05) is 17.7 Å². The number of aliphatic carboxylic acids is 1. The van der Waals surface area contributed by atoms with Gasteiger partial charge in [0.1, 0.15) is 6.04 Å². The third kappa shape index (κ3) is 4.79. The van der Waals surface area contributed by atoms with Gasteiger partial charge in [0.25, 0.3) is 0 Å². The first-order valence-corrected chi connectivity index (χ1v) is 7.22. The summed E-state index contributed by atoms with van der Waals surface area (Å²) in [6.07, 6.45) is 0.0334. The van der Waals surface area contributed by atoms with E-state index in [1.807, 2.05) is 0 Å². The van der Waals surface area contributed by atoms with Gasteiger partial charge in [-0.15, -0.1) is 0 Å². The van der Waals surface area contributed by atoms with Crippen molar-refractivity contribution in [1.82, 2.24) is 4.72 Å². The number of methoxy groups -OCH3 is 1. The fraction of sp³-hybridized carbons (Fsp3) is 0.364. The van der Waals surface area contributed by atoms with E-state index in [1.165, 1.54) is 31.4 Å². The van der Waals surface area contributed by atoms with E-state index in [-0.39, 0.29) is 22.9 Å². The monoisotopic (exact) mass is 307 g/mol. The zero-order valence-corrected chi connectivity index (χ0v) is 11.7. The van der Waals surface area contributed by atoms with Crippen LogP contribution in [0.5, 0.6) is 0 Å². The molecule has 6 nitrogen and oxygen atoms in total. The maximum absolute atomic E-state index is 12.0. The van der Waals surface area contributed by atoms with Gasteiger partial charge < -0.3 is 9.84 Å². The van der Waals surface area contributed by atoms with E-state index in [0.29, 0.717) is 0 Å². The van der Waals surface area contributed by atoms with Gasteiger partial charge in [0.2, 0.25) is 10.0 Å². The third-order valence-corrected chi connectivity index (χ3v) is 4.02. The van der Waals surface area contributed by atoms with E-state index >= 15 is 0 Å². The van der Waals surface area contributed by atoms with Gasteiger partial charge in [0.05, 0.1) is 4.90 Å². The number of benzene rings is 1. The molecule has 0 fully saturated rings. The number of sulfonamides is 1. The lowest BCUT2D eigenvalue weighted by Crippen LogP contribution is -2.41. The molecule has 0 heterocycles. The highest BCUT2D eigenvalue weighted by Gasteiger charge is 2.25. The fourth-order valence-electron chi connectivity index (χ4n) is 1.36. The summed E-state index contributed by atoms with van der Waals surface area (Å²) in [5, 5.41) is 9.21. The summed E-state index contributed by atoms with van der Waals surface area (Å²) in [6, 6.07) is 4.34. The van der Waals surface area contributed by atoms with Crippen molar-refractivity contribution < 1.29 is 23.1 Å². The molecule has 2 N–H and O–H groups in total. The summed E-state index contributed by atoms with van der Waals surface area (Å²) in [5.41, 5.74) is 0. The summed E-state index contributed by atoms with van der Waals surface area (Å²) in [7, 11) is -2.52. The van der Waals surface area contributed by atoms with Crippen LogP contribution in [-0.4, -0.2) is 39.3 Å². The van der Waals surface area contributed by atoms with Crippen molar-refractivity contribution in [3.8, 4) is 0 Å². The van der Waals surface area contributed by atoms with Crippen molar-refractivity contribution in [2.45, 2.75) is 17.4 Å². The number of hydrogen-bond acceptors (Lipinski definition) is 4. The van der Waals surface area contributed by atoms with Crippen LogP contribution in [-0.2, 0) is 19.6 Å². The SMILES string of the molecule is COCCC(NS(=O)(=O)c1cccc(Cl)c1)C(=O)O. The van der Waals surface area contributed by atoms with Gasteiger partial charge >= 0.3 is 5.97 Å². The molecular weight excluding hydrogens is 294 g/mol. The lowest BCUT2D eigenvalue weighted by atomic mass is 10.2. The molecule has 0 aliphatic rings. The quantitative estimate of drug-likeness (QED) is 0.787. The third-order valence-electron chi connectivity index (χ3n) is 2.31. The molecule has 0 spiro atoms. The number of hydrogen-bond donors (Lipinski definition) is 2. The van der Waals surface area contributed by atoms with E-state index in [2.05, 4.69) is 4.72 Å². The van der Waals surface area contributed by atoms with Gasteiger partial charge in [-0.05, 0) is 24.6 Å². The molecule has 0 aliphatic heterocycles. The second-order valence-electron chi connectivity index (χ2n) is 3.75. The molecule has 1 rings (SSSR count). The van der Waals surface area contributed by atoms with Crippen molar-refractivity contribution in [2.75, 3.05) is 13.7 Å². The number of rotatable bonds is 7. The molecule has 19 heavy (non-hydrogen) atoms. The smallest absolute Gasteiger partial charge is 0.321 e. The van der Waals surface area contributed by atoms with Crippen LogP contribution in [0.25, 0.3) is 0 Å². The molecule has 0 amide bonds. The molecule has 106 valence electrons. The Morgan fingerprint density at radius 1 is 1.53 bits per heavy atom. The largest absolute Gasteiger partial charge is 0.480 e. The first kappa shape index (κ1) is 15.9. The molecule has 0 aliphatic carbocycles. The van der Waals surface area contributed by atoms with Gasteiger partial charge in [0.15, 0.2) is 0 Å². The van der Waals surface area contributed by atoms with Crippen LogP contribution >= 0.6 is 11.6 Å². The van der Waals surface area contributed by atoms with Crippen molar-refractivity contribution in [2.24, 2.45) is 0 Å². The average Bonchev–Trinajstić information content (AvgIpc) is 2.34. The number of ether oxygens (including phenoxy) is 1. The zero-order chi connectivity index (χ0) is 14.5. The molecule has 0 saturated carbocycles. The molecule has 0 radical (unpaired) electrons. The second kappa shape index (κ2) is 6.85. The van der Waals surface area contributed by atoms with Crippen molar-refractivity contribution in [1.29, 1.82) is 0 Å². The van der Waals surface area contributed by atoms with E-state index in [0.717, 1.165) is 0 Å². The summed E-state index contributed by atoms with van der Waals surface area (Å²) < 4.78 is 30.8. The highest BCUT2D eigenvalue weighted by atomic mass is 35.5. The standard InChI is InChI=1S/C11H14ClNO5S/c1-18-6-5-10(11(14)15)13-19(16,17)9-4-2-3-8(12)7-9/h2-4,7,10,13H,5-6H2,1H3,(H,14,15). The number of carbonyl (C=O) groups is 1. The minimum absolute atomic E-state index is 0.0334. The normalized spacial score (nSPS) is 13.2. The van der Waals surface area contributed by atoms with Crippen LogP contribution in [0.3, 0.4) is 0 Å². The van der Waals surface area contributed by atoms with Crippen molar-refractivity contribution in [3.05, 3.63) is 29.3 Å². The lowest BCUT2D eigenvalue weighted by molar-refractivity contribution is -0.139. The molecule has 1 atom stereocenters. The highest BCUT2D eigenvalue weighted by Crippen LogP contribution is 2.15. The van der Waals surface area contributed by atoms with Crippen molar-refractivity contribution in [3.63, 3.8) is 0 Å². The Kier molecular flexibility index (Phi) is 5.74. The van der Waals surface area contributed by atoms with Crippen LogP contribution in [0.2, 0.25) is 5.02 Å². The fourth-order valence-corrected chi connectivity index (χ4v) is 2.88. The minimum Gasteiger partial charge on any atom is -0.480 e. The van der Waals surface area contributed by atoms with Gasteiger partial charge in [-0.3, -0.25) is 4.79 Å². The van der Waals surface area contributed by atoms with Gasteiger partial charge in [-0.25, -0.2) is 8.42 Å². The summed E-state index contributed by atoms with van der Waals surface area (Å²) in [5.74, 6) is -1.26. The lowest BCUT2D eigenvalue weighted by Gasteiger charge is -2.14. The summed E-state index contributed by atoms with van der Waals surface area (Å²) in [4.78, 5) is 10.9. The molecule has 0 saturated heterocycles. The summed E-state index contributed by atoms with van der Waals surface area (Å²) in [6.45, 7) is 0.134.